The maximum atomic E-state index is 2.38. The summed E-state index contributed by atoms with van der Waals surface area (Å²) in [7, 11) is 0. The summed E-state index contributed by atoms with van der Waals surface area (Å²) in [4.78, 5) is 0. The molecule has 22 aromatic carbocycles. The van der Waals surface area contributed by atoms with Gasteiger partial charge in [-0.3, -0.25) is 0 Å². The van der Waals surface area contributed by atoms with Crippen molar-refractivity contribution in [2.75, 3.05) is 0 Å². The van der Waals surface area contributed by atoms with E-state index in [1.54, 1.807) is 0 Å². The van der Waals surface area contributed by atoms with Gasteiger partial charge in [-0.25, -0.2) is 0 Å². The zero-order valence-electron chi connectivity index (χ0n) is 67.5. The Labute approximate surface area is 713 Å². The van der Waals surface area contributed by atoms with Crippen LogP contribution in [0.25, 0.3) is 225 Å². The Morgan fingerprint density at radius 1 is 0.114 bits per heavy atom. The van der Waals surface area contributed by atoms with Crippen molar-refractivity contribution in [3.8, 4) is 95.0 Å². The fourth-order valence-electron chi connectivity index (χ4n) is 19.7. The summed E-state index contributed by atoms with van der Waals surface area (Å²) < 4.78 is 7.11. The van der Waals surface area contributed by atoms with Crippen LogP contribution in [-0.2, 0) is 0 Å². The zero-order chi connectivity index (χ0) is 81.3. The topological polar surface area (TPSA) is 14.8 Å². The largest absolute Gasteiger partial charge is 0.309 e. The molecule has 0 saturated carbocycles. The average Bonchev–Trinajstić information content (AvgIpc) is 1.59. The standard InChI is InChI=1S/C44H29N.2C38H25N/c1-3-13-31(14-4-1)43-36-18-7-9-20-38(36)44(39-21-10-8-19-37(39)43)32-25-23-30(24-26-32)33-27-28-42-40(29-33)35-17-11-12-22-41(35)45(42)34-15-5-2-6-16-34;1-2-12-26(13-3-1)37-31-16-4-6-18-33(31)38(34-19-7-5-17-32(34)37)27-22-24-28(25-23-27)39-35-20-10-8-14-29(35)30-15-9-11-21-36(30)39;1-2-11-30(12-3-1)39-37-17-9-8-16-34(37)36-24-28(22-23-38(36)39)26-18-20-27(21-19-26)35-25-29-10-4-5-13-31(29)32-14-6-7-15-33(32)35/h1-29H;2*1-25H. The summed E-state index contributed by atoms with van der Waals surface area (Å²) in [6.45, 7) is 0. The van der Waals surface area contributed by atoms with Crippen LogP contribution in [-0.4, -0.2) is 13.7 Å². The number of aromatic nitrogens is 3. The molecule has 0 bridgehead atoms. The Hall–Kier alpha value is -16.2. The molecular formula is C120H79N3. The average molecular weight is 1560 g/mol. The van der Waals surface area contributed by atoms with Crippen LogP contribution in [0.3, 0.4) is 0 Å². The molecule has 0 aliphatic rings. The van der Waals surface area contributed by atoms with Gasteiger partial charge in [-0.05, 0) is 234 Å². The van der Waals surface area contributed by atoms with Crippen molar-refractivity contribution in [1.29, 1.82) is 0 Å². The lowest BCUT2D eigenvalue weighted by Crippen LogP contribution is -1.94. The van der Waals surface area contributed by atoms with Gasteiger partial charge in [0.1, 0.15) is 0 Å². The molecule has 3 heterocycles. The lowest BCUT2D eigenvalue weighted by Gasteiger charge is -2.18. The molecular weight excluding hydrogens is 1480 g/mol. The molecule has 574 valence electrons. The van der Waals surface area contributed by atoms with Gasteiger partial charge in [-0.1, -0.05) is 388 Å². The molecule has 0 radical (unpaired) electrons. The quantitative estimate of drug-likeness (QED) is 0.0958. The number of para-hydroxylation sites is 6. The summed E-state index contributed by atoms with van der Waals surface area (Å²) in [6.07, 6.45) is 0. The Morgan fingerprint density at radius 3 is 0.699 bits per heavy atom. The molecule has 0 aliphatic carbocycles. The zero-order valence-corrected chi connectivity index (χ0v) is 67.5. The molecule has 3 aromatic heterocycles. The van der Waals surface area contributed by atoms with Crippen LogP contribution in [0.1, 0.15) is 0 Å². The molecule has 0 amide bonds. The Kier molecular flexibility index (Phi) is 17.9. The van der Waals surface area contributed by atoms with Gasteiger partial charge in [0.15, 0.2) is 0 Å². The number of benzene rings is 22. The van der Waals surface area contributed by atoms with Crippen molar-refractivity contribution < 1.29 is 0 Å². The van der Waals surface area contributed by atoms with Crippen LogP contribution in [0.4, 0.5) is 0 Å². The highest BCUT2D eigenvalue weighted by Crippen LogP contribution is 2.48. The predicted molar refractivity (Wildman–Crippen MR) is 525 cm³/mol. The van der Waals surface area contributed by atoms with Gasteiger partial charge in [0.2, 0.25) is 0 Å². The second kappa shape index (κ2) is 30.6. The van der Waals surface area contributed by atoms with E-state index in [2.05, 4.69) is 493 Å². The molecule has 25 rings (SSSR count). The third-order valence-electron chi connectivity index (χ3n) is 25.2. The smallest absolute Gasteiger partial charge is 0.0541 e. The summed E-state index contributed by atoms with van der Waals surface area (Å²) in [5, 5.41) is 23.0. The van der Waals surface area contributed by atoms with Gasteiger partial charge in [0, 0.05) is 49.4 Å². The molecule has 3 heteroatoms. The van der Waals surface area contributed by atoms with Crippen LogP contribution >= 0.6 is 0 Å². The number of nitrogens with zero attached hydrogens (tertiary/aromatic N) is 3. The lowest BCUT2D eigenvalue weighted by atomic mass is 9.86. The van der Waals surface area contributed by atoms with E-state index in [1.807, 2.05) is 0 Å². The minimum atomic E-state index is 1.17. The minimum Gasteiger partial charge on any atom is -0.309 e. The first-order valence-electron chi connectivity index (χ1n) is 42.4. The maximum Gasteiger partial charge on any atom is 0.0541 e. The highest BCUT2D eigenvalue weighted by Gasteiger charge is 2.22. The third kappa shape index (κ3) is 12.5. The molecule has 0 spiro atoms. The normalized spacial score (nSPS) is 11.6. The summed E-state index contributed by atoms with van der Waals surface area (Å²) in [5.41, 5.74) is 28.4. The minimum absolute atomic E-state index is 1.17. The van der Waals surface area contributed by atoms with E-state index >= 15 is 0 Å². The molecule has 0 saturated heterocycles. The van der Waals surface area contributed by atoms with Gasteiger partial charge in [0.05, 0.1) is 33.1 Å². The molecule has 0 aliphatic heterocycles. The molecule has 0 N–H and O–H groups in total. The van der Waals surface area contributed by atoms with Crippen molar-refractivity contribution >= 4 is 130 Å². The fraction of sp³-hybridized carbons (Fsp3) is 0. The van der Waals surface area contributed by atoms with E-state index in [9.17, 15) is 0 Å². The van der Waals surface area contributed by atoms with E-state index in [-0.39, 0.29) is 0 Å². The lowest BCUT2D eigenvalue weighted by molar-refractivity contribution is 1.18. The van der Waals surface area contributed by atoms with Gasteiger partial charge >= 0.3 is 0 Å². The summed E-state index contributed by atoms with van der Waals surface area (Å²) in [6, 6.07) is 174. The van der Waals surface area contributed by atoms with E-state index in [4.69, 9.17) is 0 Å². The van der Waals surface area contributed by atoms with E-state index in [0.717, 1.165) is 0 Å². The second-order valence-corrected chi connectivity index (χ2v) is 32.0. The first kappa shape index (κ1) is 72.1. The van der Waals surface area contributed by atoms with Crippen molar-refractivity contribution in [2.24, 2.45) is 0 Å². The molecule has 25 aromatic rings. The van der Waals surface area contributed by atoms with Crippen molar-refractivity contribution in [1.82, 2.24) is 13.7 Å². The molecule has 0 fully saturated rings. The SMILES string of the molecule is c1ccc(-c2c3ccccc3c(-c3ccc(-c4ccc5c(c4)c4ccccc4n5-c4ccccc4)cc3)c3ccccc23)cc1.c1ccc(-c2c3ccccc3c(-c3ccc(-n4c5ccccc5c5ccccc54)cc3)c3ccccc23)cc1.c1ccc(-n2c3ccccc3c3cc(-c4ccc(-c5cc6ccccc6c6ccccc56)cc4)ccc32)cc1. The highest BCUT2D eigenvalue weighted by molar-refractivity contribution is 6.24. The first-order chi connectivity index (χ1) is 61.1. The predicted octanol–water partition coefficient (Wildman–Crippen LogP) is 32.9. The van der Waals surface area contributed by atoms with Gasteiger partial charge in [0.25, 0.3) is 0 Å². The monoisotopic (exact) mass is 1560 g/mol. The van der Waals surface area contributed by atoms with Crippen LogP contribution in [0.15, 0.2) is 479 Å². The van der Waals surface area contributed by atoms with E-state index in [0.29, 0.717) is 0 Å². The molecule has 0 atom stereocenters. The van der Waals surface area contributed by atoms with Crippen LogP contribution in [0, 0.1) is 0 Å². The second-order valence-electron chi connectivity index (χ2n) is 32.0. The fourth-order valence-corrected chi connectivity index (χ4v) is 19.7. The Bertz CT molecular complexity index is 8200. The molecule has 3 nitrogen and oxygen atoms in total. The van der Waals surface area contributed by atoms with Crippen LogP contribution < -0.4 is 0 Å². The molecule has 123 heavy (non-hydrogen) atoms. The Morgan fingerprint density at radius 2 is 0.341 bits per heavy atom. The number of hydrogen-bond donors (Lipinski definition) is 0. The van der Waals surface area contributed by atoms with Gasteiger partial charge < -0.3 is 13.7 Å². The van der Waals surface area contributed by atoms with Gasteiger partial charge in [-0.2, -0.15) is 0 Å². The van der Waals surface area contributed by atoms with Gasteiger partial charge in [-0.15, -0.1) is 0 Å². The van der Waals surface area contributed by atoms with E-state index < -0.39 is 0 Å². The number of rotatable bonds is 10. The van der Waals surface area contributed by atoms with Crippen molar-refractivity contribution in [3.05, 3.63) is 479 Å². The van der Waals surface area contributed by atoms with Crippen molar-refractivity contribution in [2.45, 2.75) is 0 Å². The third-order valence-corrected chi connectivity index (χ3v) is 25.2. The maximum absolute atomic E-state index is 2.38. The Balaban J connectivity index is 0.000000107. The molecule has 0 unspecified atom stereocenters. The summed E-state index contributed by atoms with van der Waals surface area (Å²) >= 11 is 0. The van der Waals surface area contributed by atoms with E-state index in [1.165, 1.54) is 225 Å². The highest BCUT2D eigenvalue weighted by atomic mass is 15.0. The number of hydrogen-bond acceptors (Lipinski definition) is 0. The first-order valence-corrected chi connectivity index (χ1v) is 42.4. The van der Waals surface area contributed by atoms with Crippen LogP contribution in [0.5, 0.6) is 0 Å². The van der Waals surface area contributed by atoms with Crippen molar-refractivity contribution in [3.63, 3.8) is 0 Å². The summed E-state index contributed by atoms with van der Waals surface area (Å²) in [5.74, 6) is 0. The number of fused-ring (bicyclic) bond motifs is 16. The van der Waals surface area contributed by atoms with Crippen LogP contribution in [0.2, 0.25) is 0 Å².